The van der Waals surface area contributed by atoms with Crippen LogP contribution in [0.5, 0.6) is 5.75 Å². The summed E-state index contributed by atoms with van der Waals surface area (Å²) in [4.78, 5) is 25.0. The summed E-state index contributed by atoms with van der Waals surface area (Å²) in [5.74, 6) is -0.206. The van der Waals surface area contributed by atoms with Gasteiger partial charge in [0.05, 0.1) is 38.1 Å². The Balaban J connectivity index is 1.70. The average Bonchev–Trinajstić information content (AvgIpc) is 3.30. The number of amides is 1. The summed E-state index contributed by atoms with van der Waals surface area (Å²) in [7, 11) is 4.51. The highest BCUT2D eigenvalue weighted by atomic mass is 19.4. The zero-order chi connectivity index (χ0) is 27.6. The minimum atomic E-state index is -4.34. The molecule has 1 aliphatic rings. The van der Waals surface area contributed by atoms with Crippen LogP contribution in [0.3, 0.4) is 0 Å². The van der Waals surface area contributed by atoms with Crippen LogP contribution >= 0.6 is 0 Å². The number of nitrogens with zero attached hydrogens (tertiary/aromatic N) is 5. The number of anilines is 1. The Kier molecular flexibility index (Phi) is 7.91. The predicted molar refractivity (Wildman–Crippen MR) is 134 cm³/mol. The Morgan fingerprint density at radius 3 is 2.68 bits per heavy atom. The molecule has 0 radical (unpaired) electrons. The molecule has 1 aliphatic heterocycles. The van der Waals surface area contributed by atoms with E-state index in [1.54, 1.807) is 37.3 Å². The maximum atomic E-state index is 13.9. The molecule has 1 N–H and O–H groups in total. The monoisotopic (exact) mass is 534 g/mol. The lowest BCUT2D eigenvalue weighted by Crippen LogP contribution is -2.40. The lowest BCUT2D eigenvalue weighted by atomic mass is 9.90. The van der Waals surface area contributed by atoms with Crippen LogP contribution in [0.25, 0.3) is 0 Å². The number of carbonyl (C=O) groups excluding carboxylic acids is 1. The first-order valence-corrected chi connectivity index (χ1v) is 12.1. The van der Waals surface area contributed by atoms with Gasteiger partial charge in [-0.1, -0.05) is 6.07 Å². The van der Waals surface area contributed by atoms with Gasteiger partial charge in [-0.05, 0) is 43.1 Å². The third-order valence-electron chi connectivity index (χ3n) is 6.63. The van der Waals surface area contributed by atoms with Crippen molar-refractivity contribution in [2.75, 3.05) is 39.6 Å². The van der Waals surface area contributed by atoms with Gasteiger partial charge < -0.3 is 19.5 Å². The molecule has 4 rings (SSSR count). The van der Waals surface area contributed by atoms with Gasteiger partial charge in [0.2, 0.25) is 5.95 Å². The second-order valence-corrected chi connectivity index (χ2v) is 9.37. The van der Waals surface area contributed by atoms with Gasteiger partial charge in [-0.15, -0.1) is 0 Å². The summed E-state index contributed by atoms with van der Waals surface area (Å²) in [5.41, 5.74) is 3.09. The summed E-state index contributed by atoms with van der Waals surface area (Å²) in [6.07, 6.45) is 0.609. The smallest absolute Gasteiger partial charge is 0.401 e. The summed E-state index contributed by atoms with van der Waals surface area (Å²) in [6, 6.07) is 4.65. The minimum Gasteiger partial charge on any atom is -0.494 e. The second kappa shape index (κ2) is 11.0. The van der Waals surface area contributed by atoms with Gasteiger partial charge in [0.1, 0.15) is 0 Å². The van der Waals surface area contributed by atoms with Crippen LogP contribution in [0.4, 0.5) is 23.5 Å². The molecule has 3 aromatic rings. The molecule has 0 saturated heterocycles. The molecule has 0 aliphatic carbocycles. The van der Waals surface area contributed by atoms with E-state index in [0.717, 1.165) is 17.3 Å². The highest BCUT2D eigenvalue weighted by Crippen LogP contribution is 2.32. The van der Waals surface area contributed by atoms with Crippen LogP contribution in [0.2, 0.25) is 0 Å². The molecule has 1 atom stereocenters. The van der Waals surface area contributed by atoms with Crippen LogP contribution in [-0.2, 0) is 19.5 Å². The number of carbonyl (C=O) groups is 1. The highest BCUT2D eigenvalue weighted by Gasteiger charge is 2.33. The number of hydrogen-bond donors (Lipinski definition) is 1. The molecular formula is C26H30F4N6O2. The highest BCUT2D eigenvalue weighted by molar-refractivity contribution is 5.97. The molecule has 8 nitrogen and oxygen atoms in total. The van der Waals surface area contributed by atoms with E-state index in [2.05, 4.69) is 15.3 Å². The van der Waals surface area contributed by atoms with Crippen LogP contribution < -0.4 is 10.1 Å². The van der Waals surface area contributed by atoms with E-state index in [9.17, 15) is 22.4 Å². The van der Waals surface area contributed by atoms with Crippen molar-refractivity contribution in [2.45, 2.75) is 38.7 Å². The Morgan fingerprint density at radius 2 is 2.00 bits per heavy atom. The molecule has 3 heterocycles. The van der Waals surface area contributed by atoms with E-state index < -0.39 is 24.6 Å². The first kappa shape index (κ1) is 27.4. The van der Waals surface area contributed by atoms with Gasteiger partial charge in [-0.3, -0.25) is 14.7 Å². The number of imidazole rings is 1. The molecule has 204 valence electrons. The van der Waals surface area contributed by atoms with Crippen LogP contribution in [0.1, 0.15) is 45.7 Å². The van der Waals surface area contributed by atoms with Crippen molar-refractivity contribution >= 4 is 11.9 Å². The van der Waals surface area contributed by atoms with Gasteiger partial charge in [0.15, 0.2) is 11.6 Å². The second-order valence-electron chi connectivity index (χ2n) is 9.37. The fourth-order valence-corrected chi connectivity index (χ4v) is 4.87. The SMILES string of the molecule is CNc1nccn1Cc1cc(CN(C)CC(F)(F)F)c2c(c1)C(=O)N([C@@H](C)c1cc(OC)c(F)cn1)CC2. The topological polar surface area (TPSA) is 75.5 Å². The van der Waals surface area contributed by atoms with Crippen molar-refractivity contribution in [3.8, 4) is 5.75 Å². The number of rotatable bonds is 9. The Morgan fingerprint density at radius 1 is 1.24 bits per heavy atom. The number of pyridine rings is 1. The van der Waals surface area contributed by atoms with E-state index in [0.29, 0.717) is 42.3 Å². The molecule has 38 heavy (non-hydrogen) atoms. The van der Waals surface area contributed by atoms with Gasteiger partial charge >= 0.3 is 6.18 Å². The Hall–Kier alpha value is -3.67. The third kappa shape index (κ3) is 5.90. The molecule has 0 saturated carbocycles. The summed E-state index contributed by atoms with van der Waals surface area (Å²) >= 11 is 0. The fourth-order valence-electron chi connectivity index (χ4n) is 4.87. The number of halogens is 4. The third-order valence-corrected chi connectivity index (χ3v) is 6.63. The Labute approximate surface area is 218 Å². The number of aromatic nitrogens is 3. The quantitative estimate of drug-likeness (QED) is 0.414. The maximum absolute atomic E-state index is 13.9. The number of nitrogens with one attached hydrogen (secondary N) is 1. The normalized spacial score (nSPS) is 14.6. The first-order valence-electron chi connectivity index (χ1n) is 12.1. The number of benzene rings is 1. The van der Waals surface area contributed by atoms with Crippen molar-refractivity contribution in [1.29, 1.82) is 0 Å². The van der Waals surface area contributed by atoms with Crippen molar-refractivity contribution in [3.63, 3.8) is 0 Å². The summed E-state index contributed by atoms with van der Waals surface area (Å²) in [5, 5.41) is 2.99. The fraction of sp³-hybridized carbons (Fsp3) is 0.423. The zero-order valence-corrected chi connectivity index (χ0v) is 21.6. The van der Waals surface area contributed by atoms with Crippen molar-refractivity contribution in [3.05, 3.63) is 70.6 Å². The lowest BCUT2D eigenvalue weighted by Gasteiger charge is -2.35. The van der Waals surface area contributed by atoms with Gasteiger partial charge in [-0.25, -0.2) is 9.37 Å². The minimum absolute atomic E-state index is 0.0321. The zero-order valence-electron chi connectivity index (χ0n) is 21.6. The van der Waals surface area contributed by atoms with Gasteiger partial charge in [-0.2, -0.15) is 13.2 Å². The number of methoxy groups -OCH3 is 1. The van der Waals surface area contributed by atoms with Crippen LogP contribution in [0.15, 0.2) is 36.8 Å². The predicted octanol–water partition coefficient (Wildman–Crippen LogP) is 4.27. The van der Waals surface area contributed by atoms with E-state index >= 15 is 0 Å². The molecule has 1 aromatic carbocycles. The lowest BCUT2D eigenvalue weighted by molar-refractivity contribution is -0.144. The van der Waals surface area contributed by atoms with Crippen molar-refractivity contribution in [1.82, 2.24) is 24.3 Å². The van der Waals surface area contributed by atoms with Crippen LogP contribution in [0, 0.1) is 5.82 Å². The Bertz CT molecular complexity index is 1310. The van der Waals surface area contributed by atoms with E-state index in [-0.39, 0.29) is 18.2 Å². The van der Waals surface area contributed by atoms with Gasteiger partial charge in [0.25, 0.3) is 5.91 Å². The molecule has 2 aromatic heterocycles. The summed E-state index contributed by atoms with van der Waals surface area (Å²) < 4.78 is 60.0. The molecule has 0 unspecified atom stereocenters. The largest absolute Gasteiger partial charge is 0.494 e. The number of hydrogen-bond acceptors (Lipinski definition) is 6. The number of alkyl halides is 3. The molecular weight excluding hydrogens is 504 g/mol. The summed E-state index contributed by atoms with van der Waals surface area (Å²) in [6.45, 7) is 1.49. The molecule has 0 spiro atoms. The van der Waals surface area contributed by atoms with E-state index in [4.69, 9.17) is 4.74 Å². The van der Waals surface area contributed by atoms with Crippen LogP contribution in [-0.4, -0.2) is 70.7 Å². The van der Waals surface area contributed by atoms with E-state index in [1.807, 2.05) is 10.6 Å². The van der Waals surface area contributed by atoms with Gasteiger partial charge in [0, 0.05) is 44.2 Å². The molecule has 0 bridgehead atoms. The van der Waals surface area contributed by atoms with Crippen molar-refractivity contribution < 1.29 is 27.1 Å². The van der Waals surface area contributed by atoms with E-state index in [1.165, 1.54) is 25.1 Å². The first-order chi connectivity index (χ1) is 18.0. The standard InChI is InChI=1S/C26H30F4N6O2/c1-16(22-11-23(38-4)21(27)12-33-22)36-7-5-19-18(14-34(3)15-26(28,29)30)9-17(10-20(19)24(36)37)13-35-8-6-32-25(35)31-2/h6,8-12,16H,5,7,13-15H2,1-4H3,(H,31,32)/t16-/m0/s1. The number of ether oxygens (including phenoxy) is 1. The maximum Gasteiger partial charge on any atom is 0.401 e. The molecule has 0 fully saturated rings. The van der Waals surface area contributed by atoms with Crippen molar-refractivity contribution in [2.24, 2.45) is 0 Å². The molecule has 1 amide bonds. The average molecular weight is 535 g/mol. The molecule has 12 heteroatoms. The number of fused-ring (bicyclic) bond motifs is 1.